The van der Waals surface area contributed by atoms with Crippen LogP contribution in [0.1, 0.15) is 33.1 Å². The first kappa shape index (κ1) is 22.3. The van der Waals surface area contributed by atoms with Crippen LogP contribution in [0.5, 0.6) is 0 Å². The second-order valence-corrected chi connectivity index (χ2v) is 9.75. The van der Waals surface area contributed by atoms with Crippen LogP contribution >= 0.6 is 50.7 Å². The molecule has 0 fully saturated rings. The summed E-state index contributed by atoms with van der Waals surface area (Å²) in [5, 5.41) is 14.9. The van der Waals surface area contributed by atoms with E-state index in [9.17, 15) is 0 Å². The molecule has 2 aromatic carbocycles. The fourth-order valence-corrected chi connectivity index (χ4v) is 4.22. The van der Waals surface area contributed by atoms with Crippen LogP contribution in [0.25, 0.3) is 28.5 Å². The van der Waals surface area contributed by atoms with Gasteiger partial charge in [-0.1, -0.05) is 67.7 Å². The first-order valence-corrected chi connectivity index (χ1v) is 11.5. The number of hydrogen-bond acceptors (Lipinski definition) is 4. The van der Waals surface area contributed by atoms with Gasteiger partial charge in [-0.3, -0.25) is 0 Å². The normalized spacial score (nSPS) is 11.8. The van der Waals surface area contributed by atoms with E-state index in [4.69, 9.17) is 44.3 Å². The van der Waals surface area contributed by atoms with Crippen molar-refractivity contribution in [3.05, 3.63) is 67.9 Å². The van der Waals surface area contributed by atoms with Gasteiger partial charge in [0, 0.05) is 21.0 Å². The van der Waals surface area contributed by atoms with Gasteiger partial charge >= 0.3 is 0 Å². The lowest BCUT2D eigenvalue weighted by molar-refractivity contribution is 0.364. The number of halogens is 4. The maximum Gasteiger partial charge on any atom is 0.269 e. The van der Waals surface area contributed by atoms with Gasteiger partial charge in [-0.25, -0.2) is 4.68 Å². The largest absolute Gasteiger partial charge is 0.419 e. The summed E-state index contributed by atoms with van der Waals surface area (Å²) in [5.74, 6) is 0.881. The lowest BCUT2D eigenvalue weighted by atomic mass is 9.90. The molecule has 0 unspecified atom stereocenters. The minimum Gasteiger partial charge on any atom is -0.419 e. The Kier molecular flexibility index (Phi) is 6.19. The molecule has 4 aromatic rings. The van der Waals surface area contributed by atoms with Crippen LogP contribution in [0.3, 0.4) is 0 Å². The molecule has 0 spiro atoms. The Morgan fingerprint density at radius 2 is 1.68 bits per heavy atom. The van der Waals surface area contributed by atoms with Crippen LogP contribution in [0.15, 0.2) is 51.4 Å². The van der Waals surface area contributed by atoms with Gasteiger partial charge in [0.15, 0.2) is 5.69 Å². The van der Waals surface area contributed by atoms with Crippen LogP contribution in [0.4, 0.5) is 0 Å². The highest BCUT2D eigenvalue weighted by Crippen LogP contribution is 2.40. The Morgan fingerprint density at radius 3 is 2.32 bits per heavy atom. The molecule has 160 valence electrons. The Labute approximate surface area is 203 Å². The molecule has 9 heteroatoms. The maximum absolute atomic E-state index is 6.51. The van der Waals surface area contributed by atoms with Crippen molar-refractivity contribution >= 4 is 50.7 Å². The topological polar surface area (TPSA) is 56.7 Å². The quantitative estimate of drug-likeness (QED) is 0.257. The predicted octanol–water partition coefficient (Wildman–Crippen LogP) is 8.00. The van der Waals surface area contributed by atoms with Crippen molar-refractivity contribution in [2.45, 2.75) is 32.6 Å². The minimum atomic E-state index is -0.237. The molecule has 0 atom stereocenters. The first-order valence-electron chi connectivity index (χ1n) is 9.55. The summed E-state index contributed by atoms with van der Waals surface area (Å²) in [6.07, 6.45) is 0.862. The molecule has 5 nitrogen and oxygen atoms in total. The van der Waals surface area contributed by atoms with E-state index in [0.717, 1.165) is 17.7 Å². The molecular formula is C22H18BrCl3N4O. The van der Waals surface area contributed by atoms with Gasteiger partial charge in [-0.05, 0) is 52.7 Å². The summed E-state index contributed by atoms with van der Waals surface area (Å²) in [6.45, 7) is 6.20. The lowest BCUT2D eigenvalue weighted by Gasteiger charge is -2.16. The van der Waals surface area contributed by atoms with Crippen molar-refractivity contribution in [3.63, 3.8) is 0 Å². The summed E-state index contributed by atoms with van der Waals surface area (Å²) in [5.41, 5.74) is 2.59. The van der Waals surface area contributed by atoms with E-state index in [1.807, 2.05) is 30.3 Å². The lowest BCUT2D eigenvalue weighted by Crippen LogP contribution is -2.15. The summed E-state index contributed by atoms with van der Waals surface area (Å²) in [6, 6.07) is 12.7. The van der Waals surface area contributed by atoms with Crippen molar-refractivity contribution in [2.75, 3.05) is 0 Å². The summed E-state index contributed by atoms with van der Waals surface area (Å²) >= 11 is 22.4. The predicted molar refractivity (Wildman–Crippen MR) is 128 cm³/mol. The van der Waals surface area contributed by atoms with Crippen molar-refractivity contribution < 1.29 is 4.42 Å². The van der Waals surface area contributed by atoms with E-state index in [0.29, 0.717) is 42.7 Å². The van der Waals surface area contributed by atoms with E-state index in [1.54, 1.807) is 16.8 Å². The third kappa shape index (κ3) is 4.27. The highest BCUT2D eigenvalue weighted by Gasteiger charge is 2.29. The molecule has 0 saturated heterocycles. The summed E-state index contributed by atoms with van der Waals surface area (Å²) < 4.78 is 8.44. The van der Waals surface area contributed by atoms with E-state index < -0.39 is 0 Å². The minimum absolute atomic E-state index is 0.237. The standard InChI is InChI=1S/C22H18BrCl3N4O/c1-4-22(2,3)21-28-27-20(31-21)18-17(23)19(12-5-7-13(24)8-6-12)30(29-18)16-10-9-14(25)11-15(16)26/h5-11H,4H2,1-3H3. The van der Waals surface area contributed by atoms with E-state index in [2.05, 4.69) is 46.9 Å². The van der Waals surface area contributed by atoms with Crippen LogP contribution in [-0.2, 0) is 5.41 Å². The summed E-state index contributed by atoms with van der Waals surface area (Å²) in [7, 11) is 0. The van der Waals surface area contributed by atoms with Gasteiger partial charge in [-0.15, -0.1) is 10.2 Å². The third-order valence-corrected chi connectivity index (χ3v) is 6.71. The van der Waals surface area contributed by atoms with Crippen LogP contribution < -0.4 is 0 Å². The number of hydrogen-bond donors (Lipinski definition) is 0. The Bertz CT molecular complexity index is 1250. The summed E-state index contributed by atoms with van der Waals surface area (Å²) in [4.78, 5) is 0. The van der Waals surface area contributed by atoms with Gasteiger partial charge in [0.05, 0.1) is 20.9 Å². The monoisotopic (exact) mass is 538 g/mol. The fraction of sp³-hybridized carbons (Fsp3) is 0.227. The molecule has 31 heavy (non-hydrogen) atoms. The first-order chi connectivity index (χ1) is 14.7. The SMILES string of the molecule is CCC(C)(C)c1nnc(-c2nn(-c3ccc(Cl)cc3Cl)c(-c3ccc(Cl)cc3)c2Br)o1. The molecule has 0 bridgehead atoms. The molecule has 0 aliphatic heterocycles. The van der Waals surface area contributed by atoms with Crippen molar-refractivity contribution in [2.24, 2.45) is 0 Å². The zero-order chi connectivity index (χ0) is 22.3. The average Bonchev–Trinajstić information content (AvgIpc) is 3.34. The van der Waals surface area contributed by atoms with Gasteiger partial charge < -0.3 is 4.42 Å². The molecule has 2 aromatic heterocycles. The van der Waals surface area contributed by atoms with Crippen LogP contribution in [0.2, 0.25) is 15.1 Å². The van der Waals surface area contributed by atoms with E-state index >= 15 is 0 Å². The van der Waals surface area contributed by atoms with Crippen molar-refractivity contribution in [1.82, 2.24) is 20.0 Å². The Morgan fingerprint density at radius 1 is 1.00 bits per heavy atom. The molecular weight excluding hydrogens is 523 g/mol. The van der Waals surface area contributed by atoms with Crippen molar-refractivity contribution in [3.8, 4) is 28.5 Å². The highest BCUT2D eigenvalue weighted by atomic mass is 79.9. The number of rotatable bonds is 5. The molecule has 2 heterocycles. The van der Waals surface area contributed by atoms with E-state index in [1.165, 1.54) is 0 Å². The Balaban J connectivity index is 1.94. The van der Waals surface area contributed by atoms with Crippen LogP contribution in [-0.4, -0.2) is 20.0 Å². The maximum atomic E-state index is 6.51. The highest BCUT2D eigenvalue weighted by molar-refractivity contribution is 9.10. The second-order valence-electron chi connectivity index (χ2n) is 7.68. The zero-order valence-corrected chi connectivity index (χ0v) is 20.8. The fourth-order valence-electron chi connectivity index (χ4n) is 2.96. The molecule has 0 amide bonds. The molecule has 0 N–H and O–H groups in total. The number of benzene rings is 2. The molecule has 4 rings (SSSR count). The van der Waals surface area contributed by atoms with E-state index in [-0.39, 0.29) is 5.41 Å². The van der Waals surface area contributed by atoms with Crippen LogP contribution in [0, 0.1) is 0 Å². The number of nitrogens with zero attached hydrogens (tertiary/aromatic N) is 4. The number of aromatic nitrogens is 4. The third-order valence-electron chi connectivity index (χ3n) is 5.17. The molecule has 0 radical (unpaired) electrons. The molecule has 0 aliphatic rings. The second kappa shape index (κ2) is 8.58. The smallest absolute Gasteiger partial charge is 0.269 e. The Hall–Kier alpha value is -1.86. The van der Waals surface area contributed by atoms with Crippen molar-refractivity contribution in [1.29, 1.82) is 0 Å². The average molecular weight is 541 g/mol. The molecule has 0 saturated carbocycles. The zero-order valence-electron chi connectivity index (χ0n) is 17.0. The van der Waals surface area contributed by atoms with Gasteiger partial charge in [0.25, 0.3) is 5.89 Å². The molecule has 0 aliphatic carbocycles. The van der Waals surface area contributed by atoms with Gasteiger partial charge in [0.2, 0.25) is 5.89 Å². The van der Waals surface area contributed by atoms with Gasteiger partial charge in [0.1, 0.15) is 0 Å². The van der Waals surface area contributed by atoms with Gasteiger partial charge in [-0.2, -0.15) is 5.10 Å².